The Kier molecular flexibility index (Phi) is 9.74. The standard InChI is InChI=1S/C26H23N9O11S2/c1-10(36)44-15-5-4-12(6-16(15)45-11(2)37)24(42)46-31-17(14-7-43-25(27)28-14)20(38)29-18-21(39)35-19(23(40)41)13(8-47-22(18)35)9-48-26-30-32-33-34(26)3/h4-7,18,22H,8-9H2,1-3H3,(H2,27,28)(H,29,38)(H,40,41)/b31-17-/t18-,22-/m1/s1. The maximum atomic E-state index is 13.4. The third kappa shape index (κ3) is 7.12. The smallest absolute Gasteiger partial charge is 0.365 e. The second kappa shape index (κ2) is 13.9. The number of nitrogen functional groups attached to an aromatic ring is 1. The number of carboxylic acid groups (broad SMARTS) is 1. The van der Waals surface area contributed by atoms with Gasteiger partial charge in [-0.15, -0.1) is 16.9 Å². The number of β-lactam (4-membered cyclic amide) rings is 1. The van der Waals surface area contributed by atoms with Crippen LogP contribution in [0.2, 0.25) is 0 Å². The number of carbonyl (C=O) groups is 6. The molecule has 4 N–H and O–H groups in total. The molecular formula is C26H23N9O11S2. The number of tetrazole rings is 1. The number of amides is 2. The van der Waals surface area contributed by atoms with Crippen LogP contribution in [0.3, 0.4) is 0 Å². The van der Waals surface area contributed by atoms with Crippen molar-refractivity contribution in [3.05, 3.63) is 47.0 Å². The van der Waals surface area contributed by atoms with Gasteiger partial charge >= 0.3 is 23.9 Å². The first-order valence-corrected chi connectivity index (χ1v) is 15.4. The molecule has 5 rings (SSSR count). The summed E-state index contributed by atoms with van der Waals surface area (Å²) in [6.45, 7) is 2.22. The Hall–Kier alpha value is -5.77. The van der Waals surface area contributed by atoms with Gasteiger partial charge in [-0.3, -0.25) is 24.1 Å². The zero-order valence-corrected chi connectivity index (χ0v) is 26.6. The SMILES string of the molecule is CC(=O)Oc1ccc(C(=O)O/N=C(\C(=O)N[C@@H]2C(=O)N3C(C(=O)O)=C(CSc4nnnn4C)CS[C@H]23)c2coc(N)n2)cc1OC(C)=O. The predicted octanol–water partition coefficient (Wildman–Crippen LogP) is -0.277. The van der Waals surface area contributed by atoms with Crippen LogP contribution in [0.5, 0.6) is 11.5 Å². The number of nitrogens with zero attached hydrogens (tertiary/aromatic N) is 7. The average Bonchev–Trinajstić information content (AvgIpc) is 3.65. The van der Waals surface area contributed by atoms with Gasteiger partial charge in [0, 0.05) is 32.4 Å². The molecule has 48 heavy (non-hydrogen) atoms. The number of thioether (sulfide) groups is 2. The number of anilines is 1. The minimum Gasteiger partial charge on any atom is -0.477 e. The summed E-state index contributed by atoms with van der Waals surface area (Å²) in [6.07, 6.45) is 0.959. The zero-order valence-electron chi connectivity index (χ0n) is 24.9. The molecule has 2 atom stereocenters. The maximum absolute atomic E-state index is 13.4. The van der Waals surface area contributed by atoms with Gasteiger partial charge in [-0.2, -0.15) is 4.98 Å². The number of nitrogens with two attached hydrogens (primary N) is 1. The summed E-state index contributed by atoms with van der Waals surface area (Å²) in [6, 6.07) is 1.88. The average molecular weight is 702 g/mol. The van der Waals surface area contributed by atoms with E-state index in [2.05, 4.69) is 31.0 Å². The van der Waals surface area contributed by atoms with Crippen LogP contribution >= 0.6 is 23.5 Å². The van der Waals surface area contributed by atoms with Gasteiger partial charge in [0.15, 0.2) is 17.2 Å². The molecule has 2 aliphatic heterocycles. The molecule has 2 aromatic heterocycles. The lowest BCUT2D eigenvalue weighted by atomic mass is 10.0. The largest absolute Gasteiger partial charge is 0.477 e. The number of rotatable bonds is 11. The molecule has 20 nitrogen and oxygen atoms in total. The van der Waals surface area contributed by atoms with Crippen LogP contribution in [0.4, 0.5) is 6.01 Å². The molecule has 0 saturated carbocycles. The first kappa shape index (κ1) is 33.6. The van der Waals surface area contributed by atoms with Crippen molar-refractivity contribution in [2.75, 3.05) is 17.2 Å². The molecule has 2 aliphatic rings. The molecule has 1 fully saturated rings. The normalized spacial score (nSPS) is 17.3. The van der Waals surface area contributed by atoms with Crippen molar-refractivity contribution in [2.24, 2.45) is 12.2 Å². The number of aliphatic carboxylic acids is 1. The van der Waals surface area contributed by atoms with E-state index >= 15 is 0 Å². The van der Waals surface area contributed by atoms with Gasteiger partial charge in [0.05, 0.1) is 5.56 Å². The topological polar surface area (TPSA) is 274 Å². The van der Waals surface area contributed by atoms with E-state index in [-0.39, 0.29) is 46.0 Å². The second-order valence-corrected chi connectivity index (χ2v) is 11.8. The Morgan fingerprint density at radius 3 is 2.54 bits per heavy atom. The monoisotopic (exact) mass is 701 g/mol. The number of carbonyl (C=O) groups excluding carboxylic acids is 5. The predicted molar refractivity (Wildman–Crippen MR) is 161 cm³/mol. The van der Waals surface area contributed by atoms with Gasteiger partial charge in [0.2, 0.25) is 5.16 Å². The number of fused-ring (bicyclic) bond motifs is 1. The minimum absolute atomic E-state index is 0.148. The van der Waals surface area contributed by atoms with Crippen molar-refractivity contribution in [3.8, 4) is 11.5 Å². The van der Waals surface area contributed by atoms with Crippen LogP contribution in [-0.4, -0.2) is 99.5 Å². The van der Waals surface area contributed by atoms with E-state index in [0.29, 0.717) is 10.7 Å². The van der Waals surface area contributed by atoms with Crippen molar-refractivity contribution >= 4 is 70.9 Å². The summed E-state index contributed by atoms with van der Waals surface area (Å²) < 4.78 is 16.4. The van der Waals surface area contributed by atoms with E-state index in [1.54, 1.807) is 7.05 Å². The van der Waals surface area contributed by atoms with Crippen molar-refractivity contribution in [1.29, 1.82) is 0 Å². The number of oxime groups is 1. The van der Waals surface area contributed by atoms with Gasteiger partial charge in [-0.25, -0.2) is 14.3 Å². The van der Waals surface area contributed by atoms with Gasteiger partial charge in [0.25, 0.3) is 17.8 Å². The maximum Gasteiger partial charge on any atom is 0.365 e. The van der Waals surface area contributed by atoms with Crippen LogP contribution in [-0.2, 0) is 35.9 Å². The lowest BCUT2D eigenvalue weighted by Gasteiger charge is -2.49. The highest BCUT2D eigenvalue weighted by atomic mass is 32.2. The second-order valence-electron chi connectivity index (χ2n) is 9.73. The first-order valence-electron chi connectivity index (χ1n) is 13.4. The molecule has 3 aromatic rings. The molecule has 1 saturated heterocycles. The molecule has 22 heteroatoms. The fraction of sp³-hybridized carbons (Fsp3) is 0.269. The van der Waals surface area contributed by atoms with E-state index in [0.717, 1.165) is 31.1 Å². The van der Waals surface area contributed by atoms with Crippen molar-refractivity contribution in [3.63, 3.8) is 0 Å². The number of aromatic nitrogens is 5. The summed E-state index contributed by atoms with van der Waals surface area (Å²) in [5.41, 5.74) is 4.71. The van der Waals surface area contributed by atoms with Crippen molar-refractivity contribution in [2.45, 2.75) is 30.4 Å². The fourth-order valence-corrected chi connectivity index (χ4v) is 6.68. The number of hydrogen-bond acceptors (Lipinski definition) is 18. The number of nitrogens with one attached hydrogen (secondary N) is 1. The number of oxazole rings is 1. The number of aryl methyl sites for hydroxylation is 1. The minimum atomic E-state index is -1.32. The van der Waals surface area contributed by atoms with E-state index in [4.69, 9.17) is 24.5 Å². The number of esters is 2. The molecule has 2 amide bonds. The van der Waals surface area contributed by atoms with Crippen molar-refractivity contribution in [1.82, 2.24) is 35.4 Å². The number of ether oxygens (including phenoxy) is 2. The Bertz CT molecular complexity index is 1900. The molecule has 0 spiro atoms. The highest BCUT2D eigenvalue weighted by Crippen LogP contribution is 2.41. The summed E-state index contributed by atoms with van der Waals surface area (Å²) in [5, 5.41) is 26.8. The van der Waals surface area contributed by atoms with Crippen LogP contribution in [0, 0.1) is 0 Å². The Labute approximate surface area is 277 Å². The number of hydrogen-bond donors (Lipinski definition) is 3. The zero-order chi connectivity index (χ0) is 34.7. The fourth-order valence-electron chi connectivity index (χ4n) is 4.35. The van der Waals surface area contributed by atoms with Crippen molar-refractivity contribution < 1.29 is 52.6 Å². The molecule has 4 heterocycles. The first-order chi connectivity index (χ1) is 22.8. The molecule has 0 bridgehead atoms. The highest BCUT2D eigenvalue weighted by Gasteiger charge is 2.54. The van der Waals surface area contributed by atoms with Gasteiger partial charge in [-0.05, 0) is 34.2 Å². The molecule has 0 radical (unpaired) electrons. The lowest BCUT2D eigenvalue weighted by molar-refractivity contribution is -0.150. The quantitative estimate of drug-likeness (QED) is 0.0441. The summed E-state index contributed by atoms with van der Waals surface area (Å²) in [7, 11) is 1.63. The van der Waals surface area contributed by atoms with E-state index < -0.39 is 52.8 Å². The van der Waals surface area contributed by atoms with Gasteiger partial charge < -0.3 is 34.9 Å². The van der Waals surface area contributed by atoms with E-state index in [1.807, 2.05) is 0 Å². The number of carboxylic acids is 1. The summed E-state index contributed by atoms with van der Waals surface area (Å²) >= 11 is 2.42. The van der Waals surface area contributed by atoms with Crippen LogP contribution < -0.4 is 20.5 Å². The van der Waals surface area contributed by atoms with Crippen LogP contribution in [0.15, 0.2) is 50.5 Å². The molecule has 0 aliphatic carbocycles. The van der Waals surface area contributed by atoms with Gasteiger partial charge in [-0.1, -0.05) is 16.9 Å². The molecule has 250 valence electrons. The van der Waals surface area contributed by atoms with E-state index in [9.17, 15) is 33.9 Å². The third-order valence-electron chi connectivity index (χ3n) is 6.38. The summed E-state index contributed by atoms with van der Waals surface area (Å²) in [4.78, 5) is 84.5. The van der Waals surface area contributed by atoms with Crippen LogP contribution in [0.25, 0.3) is 0 Å². The molecular weight excluding hydrogens is 678 g/mol. The molecule has 1 aromatic carbocycles. The van der Waals surface area contributed by atoms with E-state index in [1.165, 1.54) is 40.3 Å². The Balaban J connectivity index is 1.33. The lowest BCUT2D eigenvalue weighted by Crippen LogP contribution is -2.71. The third-order valence-corrected chi connectivity index (χ3v) is 8.82. The Morgan fingerprint density at radius 2 is 1.92 bits per heavy atom. The molecule has 0 unspecified atom stereocenters. The van der Waals surface area contributed by atoms with Gasteiger partial charge in [0.1, 0.15) is 29.1 Å². The summed E-state index contributed by atoms with van der Waals surface area (Å²) in [5.74, 6) is -5.66. The number of benzene rings is 1. The highest BCUT2D eigenvalue weighted by molar-refractivity contribution is 8.01. The Morgan fingerprint density at radius 1 is 1.19 bits per heavy atom. The van der Waals surface area contributed by atoms with Crippen LogP contribution in [0.1, 0.15) is 29.9 Å².